The van der Waals surface area contributed by atoms with Crippen LogP contribution in [0.1, 0.15) is 64.1 Å². The summed E-state index contributed by atoms with van der Waals surface area (Å²) in [7, 11) is 2.59. The standard InChI is InChI=1S/C20H25NO5S/c1-10-14(17(22)25-2)16(27-15(10)18(23)26-3)21-19(24)20-7-11-4-12(8-20)6-13(5-11)9-20/h11-13H,4-9H2,1-3H3,(H,21,24). The summed E-state index contributed by atoms with van der Waals surface area (Å²) in [4.78, 5) is 38.0. The third-order valence-corrected chi connectivity index (χ3v) is 7.84. The van der Waals surface area contributed by atoms with E-state index in [1.165, 1.54) is 33.5 Å². The van der Waals surface area contributed by atoms with E-state index >= 15 is 0 Å². The van der Waals surface area contributed by atoms with Gasteiger partial charge in [-0.1, -0.05) is 0 Å². The summed E-state index contributed by atoms with van der Waals surface area (Å²) in [6, 6.07) is 0. The number of hydrogen-bond donors (Lipinski definition) is 1. The lowest BCUT2D eigenvalue weighted by Crippen LogP contribution is -2.51. The molecule has 1 aromatic heterocycles. The highest BCUT2D eigenvalue weighted by molar-refractivity contribution is 7.18. The second-order valence-electron chi connectivity index (χ2n) is 8.40. The van der Waals surface area contributed by atoms with E-state index in [0.29, 0.717) is 33.2 Å². The molecule has 4 bridgehead atoms. The smallest absolute Gasteiger partial charge is 0.348 e. The Morgan fingerprint density at radius 2 is 1.48 bits per heavy atom. The predicted octanol–water partition coefficient (Wildman–Crippen LogP) is 3.78. The highest BCUT2D eigenvalue weighted by atomic mass is 32.1. The Hall–Kier alpha value is -1.89. The molecule has 5 rings (SSSR count). The molecule has 0 aromatic carbocycles. The van der Waals surface area contributed by atoms with Crippen molar-refractivity contribution in [1.29, 1.82) is 0 Å². The Morgan fingerprint density at radius 3 is 1.96 bits per heavy atom. The molecule has 4 aliphatic carbocycles. The van der Waals surface area contributed by atoms with Gasteiger partial charge in [0, 0.05) is 0 Å². The fraction of sp³-hybridized carbons (Fsp3) is 0.650. The van der Waals surface area contributed by atoms with E-state index in [9.17, 15) is 14.4 Å². The Kier molecular flexibility index (Phi) is 4.53. The van der Waals surface area contributed by atoms with E-state index in [0.717, 1.165) is 30.6 Å². The predicted molar refractivity (Wildman–Crippen MR) is 101 cm³/mol. The average molecular weight is 391 g/mol. The van der Waals surface area contributed by atoms with E-state index in [4.69, 9.17) is 9.47 Å². The lowest BCUT2D eigenvalue weighted by Gasteiger charge is -2.55. The summed E-state index contributed by atoms with van der Waals surface area (Å²) < 4.78 is 9.69. The third kappa shape index (κ3) is 2.96. The number of anilines is 1. The normalized spacial score (nSPS) is 30.9. The van der Waals surface area contributed by atoms with Gasteiger partial charge in [0.2, 0.25) is 5.91 Å². The molecule has 1 N–H and O–H groups in total. The summed E-state index contributed by atoms with van der Waals surface area (Å²) in [6.45, 7) is 1.68. The highest BCUT2D eigenvalue weighted by Crippen LogP contribution is 2.60. The van der Waals surface area contributed by atoms with Crippen molar-refractivity contribution in [3.63, 3.8) is 0 Å². The van der Waals surface area contributed by atoms with Gasteiger partial charge in [0.1, 0.15) is 9.88 Å². The molecule has 4 aliphatic rings. The number of ether oxygens (including phenoxy) is 2. The molecule has 4 fully saturated rings. The van der Waals surface area contributed by atoms with E-state index in [1.807, 2.05) is 0 Å². The first-order valence-corrected chi connectivity index (χ1v) is 10.3. The topological polar surface area (TPSA) is 81.7 Å². The van der Waals surface area contributed by atoms with Crippen LogP contribution in [-0.4, -0.2) is 32.1 Å². The first-order valence-electron chi connectivity index (χ1n) is 9.48. The number of hydrogen-bond acceptors (Lipinski definition) is 6. The van der Waals surface area contributed by atoms with Gasteiger partial charge < -0.3 is 14.8 Å². The van der Waals surface area contributed by atoms with Crippen LogP contribution in [0, 0.1) is 30.1 Å². The maximum absolute atomic E-state index is 13.3. The number of thiophene rings is 1. The zero-order valence-electron chi connectivity index (χ0n) is 15.9. The van der Waals surface area contributed by atoms with Crippen LogP contribution < -0.4 is 5.32 Å². The van der Waals surface area contributed by atoms with Gasteiger partial charge >= 0.3 is 11.9 Å². The van der Waals surface area contributed by atoms with E-state index < -0.39 is 11.9 Å². The number of nitrogens with one attached hydrogen (secondary N) is 1. The van der Waals surface area contributed by atoms with Gasteiger partial charge in [-0.25, -0.2) is 9.59 Å². The molecule has 6 nitrogen and oxygen atoms in total. The van der Waals surface area contributed by atoms with Crippen LogP contribution in [0.25, 0.3) is 0 Å². The van der Waals surface area contributed by atoms with Crippen LogP contribution in [0.5, 0.6) is 0 Å². The van der Waals surface area contributed by atoms with Crippen molar-refractivity contribution in [3.05, 3.63) is 16.0 Å². The van der Waals surface area contributed by atoms with Crippen molar-refractivity contribution >= 4 is 34.2 Å². The van der Waals surface area contributed by atoms with Crippen LogP contribution in [0.4, 0.5) is 5.00 Å². The minimum Gasteiger partial charge on any atom is -0.465 e. The fourth-order valence-electron chi connectivity index (χ4n) is 5.86. The quantitative estimate of drug-likeness (QED) is 0.790. The largest absolute Gasteiger partial charge is 0.465 e. The molecular weight excluding hydrogens is 366 g/mol. The number of rotatable bonds is 4. The summed E-state index contributed by atoms with van der Waals surface area (Å²) >= 11 is 1.09. The van der Waals surface area contributed by atoms with Gasteiger partial charge in [0.25, 0.3) is 0 Å². The molecule has 0 aliphatic heterocycles. The molecule has 1 amide bonds. The number of methoxy groups -OCH3 is 2. The summed E-state index contributed by atoms with van der Waals surface area (Å²) in [5.74, 6) is 0.871. The summed E-state index contributed by atoms with van der Waals surface area (Å²) in [5.41, 5.74) is 0.409. The zero-order chi connectivity index (χ0) is 19.3. The van der Waals surface area contributed by atoms with E-state index in [1.54, 1.807) is 6.92 Å². The van der Waals surface area contributed by atoms with Crippen molar-refractivity contribution in [2.24, 2.45) is 23.2 Å². The molecule has 0 unspecified atom stereocenters. The SMILES string of the molecule is COC(=O)c1sc(NC(=O)C23CC4CC(CC(C4)C2)C3)c(C(=O)OC)c1C. The first kappa shape index (κ1) is 18.5. The van der Waals surface area contributed by atoms with Crippen molar-refractivity contribution in [2.75, 3.05) is 19.5 Å². The second kappa shape index (κ2) is 6.62. The maximum Gasteiger partial charge on any atom is 0.348 e. The molecule has 4 saturated carbocycles. The third-order valence-electron chi connectivity index (χ3n) is 6.65. The minimum atomic E-state index is -0.556. The maximum atomic E-state index is 13.3. The first-order chi connectivity index (χ1) is 12.9. The van der Waals surface area contributed by atoms with Gasteiger partial charge in [-0.3, -0.25) is 4.79 Å². The number of carbonyl (C=O) groups excluding carboxylic acids is 3. The Morgan fingerprint density at radius 1 is 0.963 bits per heavy atom. The lowest BCUT2D eigenvalue weighted by atomic mass is 9.49. The van der Waals surface area contributed by atoms with Crippen molar-refractivity contribution in [2.45, 2.75) is 45.4 Å². The van der Waals surface area contributed by atoms with Gasteiger partial charge in [0.05, 0.1) is 25.2 Å². The molecule has 7 heteroatoms. The Bertz CT molecular complexity index is 776. The number of carbonyl (C=O) groups is 3. The molecule has 1 aromatic rings. The molecule has 0 spiro atoms. The number of amides is 1. The highest BCUT2D eigenvalue weighted by Gasteiger charge is 2.54. The average Bonchev–Trinajstić information content (AvgIpc) is 2.95. The van der Waals surface area contributed by atoms with Crippen LogP contribution in [0.15, 0.2) is 0 Å². The minimum absolute atomic E-state index is 0.00980. The van der Waals surface area contributed by atoms with Crippen molar-refractivity contribution in [1.82, 2.24) is 0 Å². The number of esters is 2. The molecule has 0 radical (unpaired) electrons. The fourth-order valence-corrected chi connectivity index (χ4v) is 6.97. The zero-order valence-corrected chi connectivity index (χ0v) is 16.7. The van der Waals surface area contributed by atoms with Gasteiger partial charge in [-0.2, -0.15) is 0 Å². The molecular formula is C20H25NO5S. The van der Waals surface area contributed by atoms with Crippen LogP contribution in [0.3, 0.4) is 0 Å². The molecule has 0 atom stereocenters. The summed E-state index contributed by atoms with van der Waals surface area (Å²) in [5, 5.41) is 3.38. The Labute approximate surface area is 162 Å². The molecule has 0 saturated heterocycles. The second-order valence-corrected chi connectivity index (χ2v) is 9.42. The van der Waals surface area contributed by atoms with Crippen LogP contribution in [0.2, 0.25) is 0 Å². The van der Waals surface area contributed by atoms with E-state index in [-0.39, 0.29) is 16.9 Å². The molecule has 1 heterocycles. The molecule has 146 valence electrons. The lowest BCUT2D eigenvalue weighted by molar-refractivity contribution is -0.140. The van der Waals surface area contributed by atoms with Gasteiger partial charge in [0.15, 0.2) is 0 Å². The van der Waals surface area contributed by atoms with Crippen LogP contribution in [-0.2, 0) is 14.3 Å². The van der Waals surface area contributed by atoms with Gasteiger partial charge in [-0.05, 0) is 68.8 Å². The van der Waals surface area contributed by atoms with Crippen LogP contribution >= 0.6 is 11.3 Å². The van der Waals surface area contributed by atoms with E-state index in [2.05, 4.69) is 5.32 Å². The monoisotopic (exact) mass is 391 g/mol. The van der Waals surface area contributed by atoms with Crippen molar-refractivity contribution < 1.29 is 23.9 Å². The molecule has 27 heavy (non-hydrogen) atoms. The van der Waals surface area contributed by atoms with Crippen molar-refractivity contribution in [3.8, 4) is 0 Å². The van der Waals surface area contributed by atoms with Gasteiger partial charge in [-0.15, -0.1) is 11.3 Å². The summed E-state index contributed by atoms with van der Waals surface area (Å²) in [6.07, 6.45) is 6.57. The Balaban J connectivity index is 1.65.